The topological polar surface area (TPSA) is 78.3 Å². The first-order valence-electron chi connectivity index (χ1n) is 8.09. The molecular weight excluding hydrogens is 423 g/mol. The molecule has 29 heavy (non-hydrogen) atoms. The van der Waals surface area contributed by atoms with Crippen LogP contribution in [0.4, 0.5) is 22.0 Å². The molecule has 2 aromatic rings. The molecule has 6 nitrogen and oxygen atoms in total. The molecule has 1 aromatic carbocycles. The van der Waals surface area contributed by atoms with E-state index in [2.05, 4.69) is 5.10 Å². The number of hydrogen-bond acceptors (Lipinski definition) is 5. The number of sulfone groups is 1. The number of carbonyl (C=O) groups excluding carboxylic acids is 1. The molecule has 0 saturated carbocycles. The van der Waals surface area contributed by atoms with Gasteiger partial charge in [0.25, 0.3) is 0 Å². The smallest absolute Gasteiger partial charge is 0.433 e. The normalized spacial score (nSPS) is 13.0. The Morgan fingerprint density at radius 1 is 1.14 bits per heavy atom. The molecule has 0 unspecified atom stereocenters. The Balaban J connectivity index is 2.21. The molecule has 0 atom stereocenters. The van der Waals surface area contributed by atoms with Gasteiger partial charge in [0, 0.05) is 0 Å². The highest BCUT2D eigenvalue weighted by Gasteiger charge is 2.42. The number of esters is 1. The Labute approximate surface area is 163 Å². The summed E-state index contributed by atoms with van der Waals surface area (Å²) in [5, 5.41) is 3.64. The molecule has 0 aliphatic rings. The van der Waals surface area contributed by atoms with Gasteiger partial charge in [0.1, 0.15) is 12.2 Å². The van der Waals surface area contributed by atoms with Gasteiger partial charge in [-0.1, -0.05) is 12.1 Å². The minimum atomic E-state index is -4.86. The van der Waals surface area contributed by atoms with Crippen LogP contribution in [0.15, 0.2) is 35.4 Å². The van der Waals surface area contributed by atoms with E-state index in [1.54, 1.807) is 0 Å². The molecule has 0 bridgehead atoms. The van der Waals surface area contributed by atoms with Crippen molar-refractivity contribution in [2.75, 3.05) is 0 Å². The quantitative estimate of drug-likeness (QED) is 0.519. The highest BCUT2D eigenvalue weighted by Crippen LogP contribution is 2.35. The molecule has 0 radical (unpaired) electrons. The van der Waals surface area contributed by atoms with Gasteiger partial charge < -0.3 is 4.74 Å². The summed E-state index contributed by atoms with van der Waals surface area (Å²) in [5.74, 6) is -4.87. The van der Waals surface area contributed by atoms with Crippen LogP contribution >= 0.6 is 0 Å². The van der Waals surface area contributed by atoms with Gasteiger partial charge in [-0.2, -0.15) is 27.1 Å². The van der Waals surface area contributed by atoms with Crippen molar-refractivity contribution in [3.63, 3.8) is 0 Å². The molecule has 160 valence electrons. The van der Waals surface area contributed by atoms with Gasteiger partial charge in [0.2, 0.25) is 9.84 Å². The summed E-state index contributed by atoms with van der Waals surface area (Å²) in [6.07, 6.45) is -4.10. The minimum absolute atomic E-state index is 0.198. The fourth-order valence-corrected chi connectivity index (χ4v) is 3.11. The third-order valence-electron chi connectivity index (χ3n) is 3.75. The molecule has 0 saturated heterocycles. The zero-order chi connectivity index (χ0) is 22.2. The van der Waals surface area contributed by atoms with Gasteiger partial charge in [-0.15, -0.1) is 0 Å². The Morgan fingerprint density at radius 3 is 2.14 bits per heavy atom. The van der Waals surface area contributed by atoms with Crippen LogP contribution in [0, 0.1) is 0 Å². The summed E-state index contributed by atoms with van der Waals surface area (Å²) in [4.78, 5) is 11.5. The van der Waals surface area contributed by atoms with E-state index in [0.29, 0.717) is 4.68 Å². The van der Waals surface area contributed by atoms with E-state index in [-0.39, 0.29) is 5.56 Å². The first-order chi connectivity index (χ1) is 13.2. The number of ether oxygens (including phenoxy) is 1. The van der Waals surface area contributed by atoms with Gasteiger partial charge in [0.15, 0.2) is 5.69 Å². The van der Waals surface area contributed by atoms with Gasteiger partial charge >= 0.3 is 17.9 Å². The number of nitrogens with zero attached hydrogens (tertiary/aromatic N) is 2. The van der Waals surface area contributed by atoms with Crippen LogP contribution in [-0.2, 0) is 32.9 Å². The second-order valence-corrected chi connectivity index (χ2v) is 8.93. The average molecular weight is 440 g/mol. The first kappa shape index (κ1) is 22.8. The highest BCUT2D eigenvalue weighted by atomic mass is 32.2. The number of alkyl halides is 5. The van der Waals surface area contributed by atoms with E-state index in [9.17, 15) is 35.2 Å². The minimum Gasteiger partial charge on any atom is -0.457 e. The van der Waals surface area contributed by atoms with Crippen LogP contribution in [0.25, 0.3) is 0 Å². The summed E-state index contributed by atoms with van der Waals surface area (Å²) in [7, 11) is -4.78. The molecule has 0 amide bonds. The van der Waals surface area contributed by atoms with Gasteiger partial charge in [-0.05, 0) is 38.5 Å². The second-order valence-electron chi connectivity index (χ2n) is 7.01. The summed E-state index contributed by atoms with van der Waals surface area (Å²) in [6, 6.07) is 4.02. The zero-order valence-electron chi connectivity index (χ0n) is 15.5. The molecular formula is C17H17F5N2O4S. The van der Waals surface area contributed by atoms with Crippen molar-refractivity contribution in [2.45, 2.75) is 49.7 Å². The van der Waals surface area contributed by atoms with Crippen molar-refractivity contribution < 1.29 is 39.9 Å². The number of aromatic nitrogens is 2. The maximum atomic E-state index is 13.4. The standard InChI is InChI=1S/C17H17F5N2O4S/c1-16(2,3)24-13(17(20,21)22)12(8-23-24)14(25)28-9-10-4-6-11(7-5-10)29(26,27)15(18)19/h4-8,15H,9H2,1-3H3. The van der Waals surface area contributed by atoms with Crippen LogP contribution in [0.2, 0.25) is 0 Å². The summed E-state index contributed by atoms with van der Waals surface area (Å²) < 4.78 is 93.5. The van der Waals surface area contributed by atoms with Crippen LogP contribution in [-0.4, -0.2) is 29.9 Å². The number of halogens is 5. The van der Waals surface area contributed by atoms with Crippen molar-refractivity contribution in [1.82, 2.24) is 9.78 Å². The molecule has 1 heterocycles. The van der Waals surface area contributed by atoms with E-state index in [0.717, 1.165) is 30.5 Å². The Bertz CT molecular complexity index is 990. The van der Waals surface area contributed by atoms with Crippen LogP contribution in [0.1, 0.15) is 42.4 Å². The fourth-order valence-electron chi connectivity index (χ4n) is 2.38. The molecule has 1 aromatic heterocycles. The summed E-state index contributed by atoms with van der Waals surface area (Å²) in [6.45, 7) is 3.96. The zero-order valence-corrected chi connectivity index (χ0v) is 16.3. The van der Waals surface area contributed by atoms with Crippen LogP contribution < -0.4 is 0 Å². The predicted molar refractivity (Wildman–Crippen MR) is 91.0 cm³/mol. The van der Waals surface area contributed by atoms with Crippen molar-refractivity contribution in [3.05, 3.63) is 47.3 Å². The third-order valence-corrected chi connectivity index (χ3v) is 5.15. The lowest BCUT2D eigenvalue weighted by atomic mass is 10.1. The monoisotopic (exact) mass is 440 g/mol. The van der Waals surface area contributed by atoms with E-state index >= 15 is 0 Å². The Morgan fingerprint density at radius 2 is 1.69 bits per heavy atom. The molecule has 0 aliphatic heterocycles. The average Bonchev–Trinajstić information content (AvgIpc) is 3.06. The summed E-state index contributed by atoms with van der Waals surface area (Å²) in [5.41, 5.74) is -2.88. The van der Waals surface area contributed by atoms with Gasteiger partial charge in [-0.3, -0.25) is 4.68 Å². The van der Waals surface area contributed by atoms with E-state index in [1.165, 1.54) is 20.8 Å². The van der Waals surface area contributed by atoms with E-state index < -0.39 is 56.0 Å². The molecule has 0 spiro atoms. The predicted octanol–water partition coefficient (Wildman–Crippen LogP) is 4.01. The maximum Gasteiger partial charge on any atom is 0.433 e. The van der Waals surface area contributed by atoms with E-state index in [1.807, 2.05) is 0 Å². The van der Waals surface area contributed by atoms with Crippen molar-refractivity contribution >= 4 is 15.8 Å². The Hall–Kier alpha value is -2.50. The molecule has 2 rings (SSSR count). The number of hydrogen-bond donors (Lipinski definition) is 0. The first-order valence-corrected chi connectivity index (χ1v) is 9.64. The lowest BCUT2D eigenvalue weighted by Crippen LogP contribution is -2.30. The van der Waals surface area contributed by atoms with Crippen LogP contribution in [0.3, 0.4) is 0 Å². The second kappa shape index (κ2) is 7.73. The molecule has 0 aliphatic carbocycles. The maximum absolute atomic E-state index is 13.4. The molecule has 0 fully saturated rings. The fraction of sp³-hybridized carbons (Fsp3) is 0.412. The number of rotatable bonds is 5. The number of carbonyl (C=O) groups is 1. The lowest BCUT2D eigenvalue weighted by molar-refractivity contribution is -0.146. The highest BCUT2D eigenvalue weighted by molar-refractivity contribution is 7.91. The largest absolute Gasteiger partial charge is 0.457 e. The SMILES string of the molecule is CC(C)(C)n1ncc(C(=O)OCc2ccc(S(=O)(=O)C(F)F)cc2)c1C(F)(F)F. The third kappa shape index (κ3) is 4.92. The summed E-state index contributed by atoms with van der Waals surface area (Å²) >= 11 is 0. The van der Waals surface area contributed by atoms with Gasteiger partial charge in [0.05, 0.1) is 16.6 Å². The van der Waals surface area contributed by atoms with Crippen LogP contribution in [0.5, 0.6) is 0 Å². The number of benzene rings is 1. The molecule has 0 N–H and O–H groups in total. The van der Waals surface area contributed by atoms with E-state index in [4.69, 9.17) is 4.74 Å². The molecule has 12 heteroatoms. The Kier molecular flexibility index (Phi) is 6.07. The lowest BCUT2D eigenvalue weighted by Gasteiger charge is -2.23. The van der Waals surface area contributed by atoms with Crippen molar-refractivity contribution in [2.24, 2.45) is 0 Å². The van der Waals surface area contributed by atoms with Crippen molar-refractivity contribution in [1.29, 1.82) is 0 Å². The van der Waals surface area contributed by atoms with Crippen molar-refractivity contribution in [3.8, 4) is 0 Å². The van der Waals surface area contributed by atoms with Gasteiger partial charge in [-0.25, -0.2) is 13.2 Å².